The number of nitrogens with one attached hydrogen (secondary N) is 2. The fraction of sp³-hybridized carbons (Fsp3) is 0.385. The van der Waals surface area contributed by atoms with Crippen molar-refractivity contribution < 1.29 is 34.8 Å². The number of piperidine rings is 1. The number of benzene rings is 2. The Hall–Kier alpha value is -3.37. The van der Waals surface area contributed by atoms with Crippen LogP contribution < -0.4 is 10.6 Å². The number of hydrogen-bond acceptors (Lipinski definition) is 5. The van der Waals surface area contributed by atoms with Gasteiger partial charge in [-0.2, -0.15) is 26.3 Å². The molecule has 0 amide bonds. The largest absolute Gasteiger partial charge is 0.501 e. The number of nitrogens with zero attached hydrogens (tertiary/aromatic N) is 2. The Morgan fingerprint density at radius 2 is 1.67 bits per heavy atom. The second kappa shape index (κ2) is 11.0. The predicted octanol–water partition coefficient (Wildman–Crippen LogP) is 5.47. The summed E-state index contributed by atoms with van der Waals surface area (Å²) in [5.41, 5.74) is -3.83. The van der Waals surface area contributed by atoms with E-state index in [1.807, 2.05) is 13.1 Å². The molecule has 0 aliphatic carbocycles. The molecular weight excluding hydrogens is 546 g/mol. The van der Waals surface area contributed by atoms with Gasteiger partial charge in [0.05, 0.1) is 22.7 Å². The molecule has 0 spiro atoms. The number of alkyl halides is 6. The van der Waals surface area contributed by atoms with E-state index < -0.39 is 33.0 Å². The van der Waals surface area contributed by atoms with Crippen molar-refractivity contribution in [2.45, 2.75) is 42.0 Å². The predicted molar refractivity (Wildman–Crippen MR) is 137 cm³/mol. The summed E-state index contributed by atoms with van der Waals surface area (Å²) in [6.45, 7) is 0.584. The van der Waals surface area contributed by atoms with Gasteiger partial charge in [-0.15, -0.1) is 0 Å². The zero-order valence-electron chi connectivity index (χ0n) is 20.8. The summed E-state index contributed by atoms with van der Waals surface area (Å²) < 4.78 is 102. The van der Waals surface area contributed by atoms with Crippen molar-refractivity contribution in [3.8, 4) is 11.8 Å². The fourth-order valence-corrected chi connectivity index (χ4v) is 5.16. The quantitative estimate of drug-likeness (QED) is 0.303. The highest BCUT2D eigenvalue weighted by atomic mass is 32.2. The van der Waals surface area contributed by atoms with Gasteiger partial charge < -0.3 is 20.1 Å². The van der Waals surface area contributed by atoms with Crippen LogP contribution in [0, 0.1) is 11.8 Å². The Labute approximate surface area is 221 Å². The molecule has 3 aromatic rings. The Morgan fingerprint density at radius 1 is 1.00 bits per heavy atom. The molecule has 2 heterocycles. The lowest BCUT2D eigenvalue weighted by Gasteiger charge is -2.30. The zero-order valence-corrected chi connectivity index (χ0v) is 21.6. The van der Waals surface area contributed by atoms with Crippen molar-refractivity contribution in [3.05, 3.63) is 54.2 Å². The van der Waals surface area contributed by atoms with Crippen LogP contribution in [0.5, 0.6) is 0 Å². The van der Waals surface area contributed by atoms with Crippen LogP contribution in [0.15, 0.2) is 53.4 Å². The summed E-state index contributed by atoms with van der Waals surface area (Å²) in [6.07, 6.45) is -2.65. The van der Waals surface area contributed by atoms with Crippen molar-refractivity contribution in [3.63, 3.8) is 0 Å². The highest BCUT2D eigenvalue weighted by Crippen LogP contribution is 2.32. The summed E-state index contributed by atoms with van der Waals surface area (Å²) in [6, 6.07) is 10.9. The second-order valence-electron chi connectivity index (χ2n) is 9.32. The molecule has 4 rings (SSSR count). The van der Waals surface area contributed by atoms with Crippen LogP contribution in [0.4, 0.5) is 37.7 Å². The molecule has 0 saturated carbocycles. The Bertz CT molecular complexity index is 1480. The van der Waals surface area contributed by atoms with E-state index in [1.165, 1.54) is 0 Å². The van der Waals surface area contributed by atoms with Crippen LogP contribution in [0.3, 0.4) is 0 Å². The number of likely N-dealkylation sites (tertiary alicyclic amines) is 1. The number of sulfone groups is 1. The Kier molecular flexibility index (Phi) is 8.09. The molecule has 0 bridgehead atoms. The summed E-state index contributed by atoms with van der Waals surface area (Å²) in [5.74, 6) is 5.50. The molecule has 6 nitrogen and oxygen atoms in total. The first-order valence-corrected chi connectivity index (χ1v) is 13.5. The third-order valence-corrected chi connectivity index (χ3v) is 7.93. The maximum Gasteiger partial charge on any atom is 0.501 e. The van der Waals surface area contributed by atoms with E-state index in [0.717, 1.165) is 60.5 Å². The second-order valence-corrected chi connectivity index (χ2v) is 11.3. The lowest BCUT2D eigenvalue weighted by molar-refractivity contribution is -0.140. The van der Waals surface area contributed by atoms with Gasteiger partial charge in [0.15, 0.2) is 0 Å². The molecule has 2 N–H and O–H groups in total. The topological polar surface area (TPSA) is 66.4 Å². The lowest BCUT2D eigenvalue weighted by atomic mass is 10.0. The molecule has 1 fully saturated rings. The molecule has 13 heteroatoms. The van der Waals surface area contributed by atoms with E-state index in [2.05, 4.69) is 27.4 Å². The van der Waals surface area contributed by atoms with Crippen LogP contribution in [-0.4, -0.2) is 62.3 Å². The average molecular weight is 573 g/mol. The highest BCUT2D eigenvalue weighted by molar-refractivity contribution is 7.92. The third kappa shape index (κ3) is 6.80. The smallest absolute Gasteiger partial charge is 0.382 e. The average Bonchev–Trinajstić information content (AvgIpc) is 3.19. The van der Waals surface area contributed by atoms with Gasteiger partial charge in [-0.3, -0.25) is 0 Å². The minimum Gasteiger partial charge on any atom is -0.382 e. The standard InChI is InChI=1S/C26H26F6N4O2S/c1-35-14-11-19(12-15-35)34-23-5-2-6-24-22(23)16-20(36(24)17-25(27,28)29)4-3-13-33-18-7-9-21(10-8-18)39(37,38)26(30,31)32/h2,5-10,16,19,33-34H,11-15,17H2,1H3. The number of rotatable bonds is 6. The van der Waals surface area contributed by atoms with Crippen molar-refractivity contribution >= 4 is 32.1 Å². The Morgan fingerprint density at radius 3 is 2.28 bits per heavy atom. The van der Waals surface area contributed by atoms with Gasteiger partial charge in [-0.25, -0.2) is 8.42 Å². The minimum atomic E-state index is -5.46. The summed E-state index contributed by atoms with van der Waals surface area (Å²) in [7, 11) is -3.42. The molecule has 210 valence electrons. The van der Waals surface area contributed by atoms with E-state index in [1.54, 1.807) is 18.2 Å². The van der Waals surface area contributed by atoms with Gasteiger partial charge in [-0.05, 0) is 81.4 Å². The number of aromatic nitrogens is 1. The van der Waals surface area contributed by atoms with Crippen molar-refractivity contribution in [1.82, 2.24) is 9.47 Å². The Balaban J connectivity index is 1.54. The normalized spacial score (nSPS) is 15.7. The number of fused-ring (bicyclic) bond motifs is 1. The van der Waals surface area contributed by atoms with E-state index in [4.69, 9.17) is 0 Å². The van der Waals surface area contributed by atoms with Gasteiger partial charge >= 0.3 is 11.7 Å². The van der Waals surface area contributed by atoms with E-state index in [9.17, 15) is 34.8 Å². The molecule has 0 radical (unpaired) electrons. The molecular formula is C26H26F6N4O2S. The number of halogens is 6. The summed E-state index contributed by atoms with van der Waals surface area (Å²) >= 11 is 0. The van der Waals surface area contributed by atoms with Crippen LogP contribution in [0.2, 0.25) is 0 Å². The monoisotopic (exact) mass is 572 g/mol. The number of hydrogen-bond donors (Lipinski definition) is 2. The number of anilines is 2. The maximum atomic E-state index is 13.4. The van der Waals surface area contributed by atoms with Crippen molar-refractivity contribution in [1.29, 1.82) is 0 Å². The molecule has 1 aliphatic heterocycles. The maximum absolute atomic E-state index is 13.4. The molecule has 2 aromatic carbocycles. The molecule has 0 atom stereocenters. The van der Waals surface area contributed by atoms with Crippen LogP contribution in [0.25, 0.3) is 10.9 Å². The molecule has 1 saturated heterocycles. The van der Waals surface area contributed by atoms with Gasteiger partial charge in [0, 0.05) is 22.8 Å². The van der Waals surface area contributed by atoms with Crippen LogP contribution in [0.1, 0.15) is 18.5 Å². The summed E-state index contributed by atoms with van der Waals surface area (Å²) in [5, 5.41) is 6.90. The fourth-order valence-electron chi connectivity index (χ4n) is 4.40. The first-order chi connectivity index (χ1) is 18.2. The van der Waals surface area contributed by atoms with E-state index in [0.29, 0.717) is 16.6 Å². The van der Waals surface area contributed by atoms with Gasteiger partial charge in [-0.1, -0.05) is 12.0 Å². The molecule has 39 heavy (non-hydrogen) atoms. The third-order valence-electron chi connectivity index (χ3n) is 6.43. The molecule has 1 aliphatic rings. The lowest BCUT2D eigenvalue weighted by Crippen LogP contribution is -2.36. The van der Waals surface area contributed by atoms with E-state index >= 15 is 0 Å². The van der Waals surface area contributed by atoms with E-state index in [-0.39, 0.29) is 18.3 Å². The molecule has 1 aromatic heterocycles. The van der Waals surface area contributed by atoms with Crippen molar-refractivity contribution in [2.24, 2.45) is 0 Å². The van der Waals surface area contributed by atoms with Crippen molar-refractivity contribution in [2.75, 3.05) is 37.3 Å². The van der Waals surface area contributed by atoms with Crippen LogP contribution >= 0.6 is 0 Å². The van der Waals surface area contributed by atoms with Gasteiger partial charge in [0.2, 0.25) is 0 Å². The summed E-state index contributed by atoms with van der Waals surface area (Å²) in [4.78, 5) is 1.33. The first-order valence-electron chi connectivity index (χ1n) is 12.0. The molecule has 0 unspecified atom stereocenters. The zero-order chi connectivity index (χ0) is 28.4. The first kappa shape index (κ1) is 28.6. The van der Waals surface area contributed by atoms with Crippen LogP contribution in [-0.2, 0) is 16.4 Å². The minimum absolute atomic E-state index is 0.0421. The highest BCUT2D eigenvalue weighted by Gasteiger charge is 2.46. The van der Waals surface area contributed by atoms with Gasteiger partial charge in [0.25, 0.3) is 9.84 Å². The van der Waals surface area contributed by atoms with Gasteiger partial charge in [0.1, 0.15) is 6.54 Å². The SMILES string of the molecule is CN1CCC(Nc2cccc3c2cc(C#CCNc2ccc(S(=O)(=O)C(F)(F)F)cc2)n3CC(F)(F)F)CC1.